The number of nitrogens with zero attached hydrogens (tertiary/aromatic N) is 1. The Morgan fingerprint density at radius 2 is 2.27 bits per heavy atom. The van der Waals surface area contributed by atoms with Crippen LogP contribution in [0.5, 0.6) is 5.75 Å². The van der Waals surface area contributed by atoms with E-state index in [0.29, 0.717) is 28.3 Å². The second-order valence-electron chi connectivity index (χ2n) is 6.25. The predicted octanol–water partition coefficient (Wildman–Crippen LogP) is 2.99. The second-order valence-corrected chi connectivity index (χ2v) is 7.09. The lowest BCUT2D eigenvalue weighted by atomic mass is 9.82. The highest BCUT2D eigenvalue weighted by molar-refractivity contribution is 6.35. The lowest BCUT2D eigenvalue weighted by molar-refractivity contribution is -0.133. The highest BCUT2D eigenvalue weighted by Crippen LogP contribution is 2.48. The molecule has 6 heteroatoms. The highest BCUT2D eigenvalue weighted by atomic mass is 35.5. The minimum Gasteiger partial charge on any atom is -0.482 e. The Labute approximate surface area is 140 Å². The van der Waals surface area contributed by atoms with E-state index in [-0.39, 0.29) is 24.5 Å². The van der Waals surface area contributed by atoms with Gasteiger partial charge in [-0.25, -0.2) is 0 Å². The Morgan fingerprint density at radius 3 is 2.95 bits per heavy atom. The summed E-state index contributed by atoms with van der Waals surface area (Å²) in [6.45, 7) is 1.46. The summed E-state index contributed by atoms with van der Waals surface area (Å²) in [5, 5.41) is 10.6. The molecule has 1 aromatic carbocycles. The van der Waals surface area contributed by atoms with E-state index in [0.717, 1.165) is 25.8 Å². The quantitative estimate of drug-likeness (QED) is 0.914. The van der Waals surface area contributed by atoms with E-state index in [1.165, 1.54) is 0 Å². The average molecular weight is 344 g/mol. The van der Waals surface area contributed by atoms with Crippen LogP contribution in [-0.4, -0.2) is 42.2 Å². The zero-order chi connectivity index (χ0) is 15.7. The number of hydrogen-bond donors (Lipinski definition) is 1. The predicted molar refractivity (Wildman–Crippen MR) is 85.4 cm³/mol. The number of likely N-dealkylation sites (tertiary alicyclic amines) is 1. The standard InChI is InChI=1S/C16H19Cl2NO3/c17-12-3-4-14(13(18)6-12)22-8-15(21)19-7-11-2-1-5-16(11,9-19)10-20/h3-4,6,11,20H,1-2,5,7-10H2/t11-,16+/m0/s1. The van der Waals surface area contributed by atoms with Crippen LogP contribution >= 0.6 is 23.2 Å². The van der Waals surface area contributed by atoms with Gasteiger partial charge in [0.05, 0.1) is 11.6 Å². The molecule has 2 atom stereocenters. The number of ether oxygens (including phenoxy) is 1. The number of amides is 1. The van der Waals surface area contributed by atoms with Gasteiger partial charge in [0, 0.05) is 23.5 Å². The maximum absolute atomic E-state index is 12.3. The molecule has 1 amide bonds. The van der Waals surface area contributed by atoms with E-state index in [1.54, 1.807) is 18.2 Å². The molecule has 120 valence electrons. The third-order valence-corrected chi connectivity index (χ3v) is 5.48. The fourth-order valence-electron chi connectivity index (χ4n) is 3.69. The zero-order valence-corrected chi connectivity index (χ0v) is 13.7. The van der Waals surface area contributed by atoms with Gasteiger partial charge in [0.25, 0.3) is 5.91 Å². The van der Waals surface area contributed by atoms with Gasteiger partial charge in [-0.1, -0.05) is 29.6 Å². The van der Waals surface area contributed by atoms with Gasteiger partial charge >= 0.3 is 0 Å². The fraction of sp³-hybridized carbons (Fsp3) is 0.562. The van der Waals surface area contributed by atoms with Crippen LogP contribution in [-0.2, 0) is 4.79 Å². The van der Waals surface area contributed by atoms with Crippen LogP contribution in [0.1, 0.15) is 19.3 Å². The molecule has 0 unspecified atom stereocenters. The average Bonchev–Trinajstić information content (AvgIpc) is 3.03. The molecule has 1 N–H and O–H groups in total. The third-order valence-electron chi connectivity index (χ3n) is 4.95. The van der Waals surface area contributed by atoms with E-state index in [2.05, 4.69) is 0 Å². The van der Waals surface area contributed by atoms with Crippen molar-refractivity contribution in [1.29, 1.82) is 0 Å². The summed E-state index contributed by atoms with van der Waals surface area (Å²) in [5.41, 5.74) is -0.0897. The van der Waals surface area contributed by atoms with Crippen LogP contribution in [0.2, 0.25) is 10.0 Å². The van der Waals surface area contributed by atoms with Gasteiger partial charge in [-0.15, -0.1) is 0 Å². The van der Waals surface area contributed by atoms with Crippen molar-refractivity contribution >= 4 is 29.1 Å². The topological polar surface area (TPSA) is 49.8 Å². The van der Waals surface area contributed by atoms with Crippen LogP contribution in [0, 0.1) is 11.3 Å². The van der Waals surface area contributed by atoms with Crippen LogP contribution in [0.15, 0.2) is 18.2 Å². The minimum absolute atomic E-state index is 0.0461. The molecular formula is C16H19Cl2NO3. The lowest BCUT2D eigenvalue weighted by Crippen LogP contribution is -2.36. The molecule has 0 aromatic heterocycles. The summed E-state index contributed by atoms with van der Waals surface area (Å²) in [4.78, 5) is 14.1. The molecule has 1 aliphatic heterocycles. The van der Waals surface area contributed by atoms with Gasteiger partial charge < -0.3 is 14.7 Å². The molecule has 2 fully saturated rings. The molecule has 0 radical (unpaired) electrons. The van der Waals surface area contributed by atoms with Gasteiger partial charge in [-0.2, -0.15) is 0 Å². The fourth-order valence-corrected chi connectivity index (χ4v) is 4.15. The van der Waals surface area contributed by atoms with Crippen molar-refractivity contribution in [2.24, 2.45) is 11.3 Å². The maximum atomic E-state index is 12.3. The van der Waals surface area contributed by atoms with E-state index < -0.39 is 0 Å². The number of aliphatic hydroxyl groups excluding tert-OH is 1. The minimum atomic E-state index is -0.0897. The third kappa shape index (κ3) is 2.92. The number of benzene rings is 1. The SMILES string of the molecule is O=C(COc1ccc(Cl)cc1Cl)N1C[C@@H]2CCC[C@]2(CO)C1. The highest BCUT2D eigenvalue weighted by Gasteiger charge is 2.50. The zero-order valence-electron chi connectivity index (χ0n) is 12.2. The normalized spacial score (nSPS) is 27.0. The maximum Gasteiger partial charge on any atom is 0.260 e. The molecule has 0 bridgehead atoms. The summed E-state index contributed by atoms with van der Waals surface area (Å²) in [5.74, 6) is 0.810. The molecule has 0 spiro atoms. The smallest absolute Gasteiger partial charge is 0.260 e. The lowest BCUT2D eigenvalue weighted by Gasteiger charge is -2.25. The summed E-state index contributed by atoms with van der Waals surface area (Å²) >= 11 is 11.9. The van der Waals surface area contributed by atoms with Crippen molar-refractivity contribution in [1.82, 2.24) is 4.90 Å². The van der Waals surface area contributed by atoms with E-state index >= 15 is 0 Å². The first-order valence-electron chi connectivity index (χ1n) is 7.50. The van der Waals surface area contributed by atoms with Gasteiger partial charge in [-0.05, 0) is 37.0 Å². The summed E-state index contributed by atoms with van der Waals surface area (Å²) in [7, 11) is 0. The van der Waals surface area contributed by atoms with Crippen molar-refractivity contribution < 1.29 is 14.6 Å². The Bertz CT molecular complexity index is 581. The summed E-state index contributed by atoms with van der Waals surface area (Å²) in [6.07, 6.45) is 3.24. The Kier molecular flexibility index (Phi) is 4.53. The Balaban J connectivity index is 1.59. The van der Waals surface area contributed by atoms with Crippen molar-refractivity contribution in [3.63, 3.8) is 0 Å². The first kappa shape index (κ1) is 15.9. The van der Waals surface area contributed by atoms with Crippen molar-refractivity contribution in [2.45, 2.75) is 19.3 Å². The second kappa shape index (κ2) is 6.26. The molecular weight excluding hydrogens is 325 g/mol. The van der Waals surface area contributed by atoms with Crippen LogP contribution < -0.4 is 4.74 Å². The molecule has 3 rings (SSSR count). The number of aliphatic hydroxyl groups is 1. The molecule has 1 aliphatic carbocycles. The molecule has 1 saturated carbocycles. The molecule has 2 aliphatic rings. The number of hydrogen-bond acceptors (Lipinski definition) is 3. The summed E-state index contributed by atoms with van der Waals surface area (Å²) < 4.78 is 5.51. The molecule has 4 nitrogen and oxygen atoms in total. The van der Waals surface area contributed by atoms with Gasteiger partial charge in [0.1, 0.15) is 5.75 Å². The van der Waals surface area contributed by atoms with E-state index in [9.17, 15) is 9.90 Å². The van der Waals surface area contributed by atoms with Crippen LogP contribution in [0.3, 0.4) is 0 Å². The monoisotopic (exact) mass is 343 g/mol. The number of carbonyl (C=O) groups is 1. The van der Waals surface area contributed by atoms with E-state index in [4.69, 9.17) is 27.9 Å². The summed E-state index contributed by atoms with van der Waals surface area (Å²) in [6, 6.07) is 4.92. The van der Waals surface area contributed by atoms with E-state index in [1.807, 2.05) is 4.90 Å². The van der Waals surface area contributed by atoms with Crippen molar-refractivity contribution in [3.8, 4) is 5.75 Å². The van der Waals surface area contributed by atoms with Gasteiger partial charge in [0.15, 0.2) is 6.61 Å². The molecule has 1 heterocycles. The first-order chi connectivity index (χ1) is 10.5. The number of rotatable bonds is 4. The molecule has 1 saturated heterocycles. The largest absolute Gasteiger partial charge is 0.482 e. The number of fused-ring (bicyclic) bond motifs is 1. The van der Waals surface area contributed by atoms with Gasteiger partial charge in [0.2, 0.25) is 0 Å². The van der Waals surface area contributed by atoms with Crippen molar-refractivity contribution in [3.05, 3.63) is 28.2 Å². The molecule has 22 heavy (non-hydrogen) atoms. The van der Waals surface area contributed by atoms with Gasteiger partial charge in [-0.3, -0.25) is 4.79 Å². The Hall–Kier alpha value is -0.970. The van der Waals surface area contributed by atoms with Crippen LogP contribution in [0.25, 0.3) is 0 Å². The van der Waals surface area contributed by atoms with Crippen molar-refractivity contribution in [2.75, 3.05) is 26.3 Å². The number of halogens is 2. The molecule has 1 aromatic rings. The first-order valence-corrected chi connectivity index (χ1v) is 8.26. The Morgan fingerprint density at radius 1 is 1.45 bits per heavy atom. The van der Waals surface area contributed by atoms with Crippen LogP contribution in [0.4, 0.5) is 0 Å². The number of carbonyl (C=O) groups excluding carboxylic acids is 1.